The number of halogens is 2. The van der Waals surface area contributed by atoms with E-state index in [9.17, 15) is 17.2 Å². The first-order valence-corrected chi connectivity index (χ1v) is 13.5. The van der Waals surface area contributed by atoms with E-state index in [4.69, 9.17) is 4.74 Å². The van der Waals surface area contributed by atoms with Crippen LogP contribution in [0.4, 0.5) is 8.78 Å². The third kappa shape index (κ3) is 5.30. The number of piperazine rings is 1. The molecule has 1 saturated heterocycles. The number of aromatic nitrogens is 2. The molecule has 0 spiro atoms. The Balaban J connectivity index is 1.32. The lowest BCUT2D eigenvalue weighted by Crippen LogP contribution is -2.49. The van der Waals surface area contributed by atoms with Crippen LogP contribution in [0.1, 0.15) is 22.3 Å². The zero-order valence-electron chi connectivity index (χ0n) is 19.8. The molecule has 1 aromatic heterocycles. The summed E-state index contributed by atoms with van der Waals surface area (Å²) in [5, 5.41) is 0. The highest BCUT2D eigenvalue weighted by atomic mass is 32.2. The van der Waals surface area contributed by atoms with Gasteiger partial charge in [0.15, 0.2) is 0 Å². The van der Waals surface area contributed by atoms with Crippen LogP contribution in [0.2, 0.25) is 0 Å². The quantitative estimate of drug-likeness (QED) is 0.484. The van der Waals surface area contributed by atoms with E-state index in [0.717, 1.165) is 33.9 Å². The molecule has 36 heavy (non-hydrogen) atoms. The number of hydrogen-bond donors (Lipinski definition) is 0. The molecule has 1 fully saturated rings. The lowest BCUT2D eigenvalue weighted by Gasteiger charge is -2.33. The second-order valence-corrected chi connectivity index (χ2v) is 11.0. The number of allylic oxidation sites excluding steroid dienone is 1. The van der Waals surface area contributed by atoms with Gasteiger partial charge in [0.05, 0.1) is 6.26 Å². The Kier molecular flexibility index (Phi) is 6.83. The van der Waals surface area contributed by atoms with Gasteiger partial charge < -0.3 is 4.74 Å². The van der Waals surface area contributed by atoms with Crippen LogP contribution in [0.5, 0.6) is 5.75 Å². The van der Waals surface area contributed by atoms with Crippen LogP contribution < -0.4 is 4.74 Å². The van der Waals surface area contributed by atoms with Crippen molar-refractivity contribution in [3.05, 3.63) is 89.0 Å². The largest absolute Gasteiger partial charge is 0.492 e. The molecule has 2 aromatic carbocycles. The summed E-state index contributed by atoms with van der Waals surface area (Å²) in [6.07, 6.45) is 6.64. The Morgan fingerprint density at radius 1 is 0.944 bits per heavy atom. The molecule has 2 aliphatic rings. The van der Waals surface area contributed by atoms with Gasteiger partial charge in [0.1, 0.15) is 30.3 Å². The molecular formula is C26H26F2N4O3S. The average molecular weight is 513 g/mol. The maximum Gasteiger partial charge on any atom is 0.211 e. The van der Waals surface area contributed by atoms with Crippen molar-refractivity contribution >= 4 is 21.2 Å². The fourth-order valence-electron chi connectivity index (χ4n) is 4.80. The summed E-state index contributed by atoms with van der Waals surface area (Å²) in [6.45, 7) is 3.46. The summed E-state index contributed by atoms with van der Waals surface area (Å²) >= 11 is 0. The van der Waals surface area contributed by atoms with Crippen molar-refractivity contribution in [1.82, 2.24) is 19.2 Å². The first kappa shape index (κ1) is 24.5. The van der Waals surface area contributed by atoms with Gasteiger partial charge in [0, 0.05) is 56.7 Å². The molecular weight excluding hydrogens is 486 g/mol. The van der Waals surface area contributed by atoms with Crippen molar-refractivity contribution < 1.29 is 21.9 Å². The second kappa shape index (κ2) is 10.0. The second-order valence-electron chi connectivity index (χ2n) is 8.99. The van der Waals surface area contributed by atoms with Gasteiger partial charge in [-0.15, -0.1) is 0 Å². The Morgan fingerprint density at radius 2 is 1.64 bits per heavy atom. The van der Waals surface area contributed by atoms with Crippen molar-refractivity contribution in [3.63, 3.8) is 0 Å². The normalized spacial score (nSPS) is 16.9. The molecule has 7 nitrogen and oxygen atoms in total. The molecule has 0 unspecified atom stereocenters. The van der Waals surface area contributed by atoms with E-state index in [1.165, 1.54) is 29.0 Å². The minimum Gasteiger partial charge on any atom is -0.492 e. The molecule has 3 aromatic rings. The summed E-state index contributed by atoms with van der Waals surface area (Å²) in [6, 6.07) is 9.29. The van der Waals surface area contributed by atoms with Gasteiger partial charge in [0.2, 0.25) is 10.0 Å². The standard InChI is InChI=1S/C26H26F2N4O3S/c1-36(33,34)32-6-4-31(5-7-32)8-9-35-23-2-3-24-18(12-23)13-25(20-15-29-17-30-16-20)26(24)19-10-21(27)14-22(28)11-19/h2-3,10-12,14-17H,4-9,13H2,1H3. The van der Waals surface area contributed by atoms with Gasteiger partial charge in [-0.05, 0) is 58.5 Å². The fourth-order valence-corrected chi connectivity index (χ4v) is 5.62. The molecule has 188 valence electrons. The zero-order chi connectivity index (χ0) is 25.3. The minimum atomic E-state index is -3.15. The number of hydrogen-bond acceptors (Lipinski definition) is 6. The average Bonchev–Trinajstić information content (AvgIpc) is 3.23. The maximum absolute atomic E-state index is 14.1. The van der Waals surface area contributed by atoms with Crippen LogP contribution in [0.3, 0.4) is 0 Å². The van der Waals surface area contributed by atoms with Crippen LogP contribution in [-0.4, -0.2) is 73.2 Å². The molecule has 0 atom stereocenters. The van der Waals surface area contributed by atoms with Crippen LogP contribution in [0.15, 0.2) is 55.1 Å². The Morgan fingerprint density at radius 3 is 2.31 bits per heavy atom. The predicted molar refractivity (Wildman–Crippen MR) is 133 cm³/mol. The number of sulfonamides is 1. The van der Waals surface area contributed by atoms with E-state index < -0.39 is 21.7 Å². The van der Waals surface area contributed by atoms with Crippen molar-refractivity contribution in [2.45, 2.75) is 6.42 Å². The highest BCUT2D eigenvalue weighted by molar-refractivity contribution is 7.88. The van der Waals surface area contributed by atoms with E-state index in [1.54, 1.807) is 12.4 Å². The molecule has 0 saturated carbocycles. The summed E-state index contributed by atoms with van der Waals surface area (Å²) in [5.74, 6) is -0.558. The van der Waals surface area contributed by atoms with Gasteiger partial charge in [-0.25, -0.2) is 27.2 Å². The van der Waals surface area contributed by atoms with Crippen LogP contribution in [-0.2, 0) is 16.4 Å². The Labute approximate surface area is 209 Å². The molecule has 2 heterocycles. The number of ether oxygens (including phenoxy) is 1. The van der Waals surface area contributed by atoms with Crippen molar-refractivity contribution in [2.24, 2.45) is 0 Å². The SMILES string of the molecule is CS(=O)(=O)N1CCN(CCOc2ccc3c(c2)CC(c2cncnc2)=C3c2cc(F)cc(F)c2)CC1. The molecule has 10 heteroatoms. The van der Waals surface area contributed by atoms with Gasteiger partial charge >= 0.3 is 0 Å². The highest BCUT2D eigenvalue weighted by Crippen LogP contribution is 2.43. The third-order valence-corrected chi connectivity index (χ3v) is 7.86. The molecule has 0 N–H and O–H groups in total. The van der Waals surface area contributed by atoms with Crippen molar-refractivity contribution in [2.75, 3.05) is 45.6 Å². The van der Waals surface area contributed by atoms with E-state index in [1.807, 2.05) is 18.2 Å². The van der Waals surface area contributed by atoms with E-state index in [0.29, 0.717) is 57.1 Å². The van der Waals surface area contributed by atoms with Crippen molar-refractivity contribution in [3.8, 4) is 5.75 Å². The predicted octanol–water partition coefficient (Wildman–Crippen LogP) is 3.23. The molecule has 0 radical (unpaired) electrons. The Bertz CT molecular complexity index is 1390. The number of rotatable bonds is 7. The smallest absolute Gasteiger partial charge is 0.211 e. The first-order chi connectivity index (χ1) is 17.3. The maximum atomic E-state index is 14.1. The molecule has 0 amide bonds. The summed E-state index contributed by atoms with van der Waals surface area (Å²) in [4.78, 5) is 10.4. The number of benzene rings is 2. The monoisotopic (exact) mass is 512 g/mol. The molecule has 1 aliphatic heterocycles. The lowest BCUT2D eigenvalue weighted by atomic mass is 9.95. The third-order valence-electron chi connectivity index (χ3n) is 6.55. The van der Waals surface area contributed by atoms with E-state index in [2.05, 4.69) is 14.9 Å². The van der Waals surface area contributed by atoms with Crippen molar-refractivity contribution in [1.29, 1.82) is 0 Å². The number of nitrogens with zero attached hydrogens (tertiary/aromatic N) is 4. The fraction of sp³-hybridized carbons (Fsp3) is 0.308. The van der Waals surface area contributed by atoms with Gasteiger partial charge in [-0.1, -0.05) is 6.07 Å². The van der Waals surface area contributed by atoms with E-state index in [-0.39, 0.29) is 0 Å². The zero-order valence-corrected chi connectivity index (χ0v) is 20.6. The van der Waals surface area contributed by atoms with Gasteiger partial charge in [-0.3, -0.25) is 4.90 Å². The van der Waals surface area contributed by atoms with Crippen LogP contribution >= 0.6 is 0 Å². The minimum absolute atomic E-state index is 0.465. The van der Waals surface area contributed by atoms with Crippen LogP contribution in [0, 0.1) is 11.6 Å². The Hall–Kier alpha value is -3.21. The summed E-state index contributed by atoms with van der Waals surface area (Å²) in [7, 11) is -3.15. The van der Waals surface area contributed by atoms with Gasteiger partial charge in [0.25, 0.3) is 0 Å². The van der Waals surface area contributed by atoms with E-state index >= 15 is 0 Å². The lowest BCUT2D eigenvalue weighted by molar-refractivity contribution is 0.159. The molecule has 0 bridgehead atoms. The summed E-state index contributed by atoms with van der Waals surface area (Å²) in [5.41, 5.74) is 4.80. The van der Waals surface area contributed by atoms with Gasteiger partial charge in [-0.2, -0.15) is 4.31 Å². The highest BCUT2D eigenvalue weighted by Gasteiger charge is 2.26. The number of fused-ring (bicyclic) bond motifs is 1. The molecule has 5 rings (SSSR count). The van der Waals surface area contributed by atoms with Crippen LogP contribution in [0.25, 0.3) is 11.1 Å². The summed E-state index contributed by atoms with van der Waals surface area (Å²) < 4.78 is 59.0. The first-order valence-electron chi connectivity index (χ1n) is 11.7. The topological polar surface area (TPSA) is 75.6 Å². The molecule has 1 aliphatic carbocycles.